The predicted octanol–water partition coefficient (Wildman–Crippen LogP) is 3.77. The Hall–Kier alpha value is -2.81. The molecular formula is C27H35N5. The van der Waals surface area contributed by atoms with E-state index in [0.717, 1.165) is 84.0 Å². The number of nitrogens with zero attached hydrogens (tertiary/aromatic N) is 5. The second-order valence-corrected chi connectivity index (χ2v) is 8.88. The van der Waals surface area contributed by atoms with Crippen LogP contribution in [0.1, 0.15) is 24.0 Å². The van der Waals surface area contributed by atoms with Gasteiger partial charge in [-0.25, -0.2) is 0 Å². The van der Waals surface area contributed by atoms with E-state index >= 15 is 0 Å². The van der Waals surface area contributed by atoms with Crippen molar-refractivity contribution in [3.8, 4) is 6.07 Å². The van der Waals surface area contributed by atoms with Crippen molar-refractivity contribution in [1.82, 2.24) is 19.6 Å². The lowest BCUT2D eigenvalue weighted by molar-refractivity contribution is 0.170. The fourth-order valence-electron chi connectivity index (χ4n) is 4.69. The molecule has 0 spiro atoms. The zero-order chi connectivity index (χ0) is 22.0. The van der Waals surface area contributed by atoms with Crippen LogP contribution in [0.25, 0.3) is 0 Å². The Morgan fingerprint density at radius 3 is 1.78 bits per heavy atom. The quantitative estimate of drug-likeness (QED) is 0.740. The van der Waals surface area contributed by atoms with E-state index in [4.69, 9.17) is 0 Å². The van der Waals surface area contributed by atoms with E-state index in [2.05, 4.69) is 92.5 Å². The van der Waals surface area contributed by atoms with E-state index in [1.165, 1.54) is 11.1 Å². The number of hydrogen-bond donors (Lipinski definition) is 0. The normalized spacial score (nSPS) is 20.9. The Kier molecular flexibility index (Phi) is 8.19. The Balaban J connectivity index is 1.45. The summed E-state index contributed by atoms with van der Waals surface area (Å²) in [6, 6.07) is 24.0. The first-order valence-corrected chi connectivity index (χ1v) is 11.9. The van der Waals surface area contributed by atoms with Gasteiger partial charge in [0.2, 0.25) is 0 Å². The number of benzene rings is 2. The van der Waals surface area contributed by atoms with Gasteiger partial charge in [-0.1, -0.05) is 60.7 Å². The van der Waals surface area contributed by atoms with E-state index < -0.39 is 0 Å². The van der Waals surface area contributed by atoms with Gasteiger partial charge in [0.25, 0.3) is 0 Å². The topological polar surface area (TPSA) is 36.8 Å². The molecule has 2 heterocycles. The van der Waals surface area contributed by atoms with Crippen molar-refractivity contribution in [2.24, 2.45) is 0 Å². The van der Waals surface area contributed by atoms with Gasteiger partial charge < -0.3 is 9.80 Å². The molecule has 2 aliphatic rings. The van der Waals surface area contributed by atoms with Crippen LogP contribution in [0.3, 0.4) is 0 Å². The van der Waals surface area contributed by atoms with Gasteiger partial charge in [-0.15, -0.1) is 0 Å². The molecular weight excluding hydrogens is 394 g/mol. The highest BCUT2D eigenvalue weighted by Gasteiger charge is 2.19. The molecule has 0 unspecified atom stereocenters. The molecule has 5 nitrogen and oxygen atoms in total. The third-order valence-electron chi connectivity index (χ3n) is 6.47. The molecule has 168 valence electrons. The summed E-state index contributed by atoms with van der Waals surface area (Å²) < 4.78 is 0. The second-order valence-electron chi connectivity index (χ2n) is 8.88. The van der Waals surface area contributed by atoms with Crippen LogP contribution in [0.4, 0.5) is 0 Å². The number of hydrogen-bond acceptors (Lipinski definition) is 5. The largest absolute Gasteiger partial charge is 0.374 e. The molecule has 32 heavy (non-hydrogen) atoms. The number of allylic oxidation sites excluding steroid dienone is 1. The van der Waals surface area contributed by atoms with Crippen molar-refractivity contribution < 1.29 is 0 Å². The molecule has 2 bridgehead atoms. The van der Waals surface area contributed by atoms with E-state index in [1.807, 2.05) is 0 Å². The average molecular weight is 430 g/mol. The summed E-state index contributed by atoms with van der Waals surface area (Å²) in [5.41, 5.74) is 3.56. The minimum atomic E-state index is 0.822. The fourth-order valence-corrected chi connectivity index (χ4v) is 4.69. The SMILES string of the molecule is N#C/C1=C/N2CCCN(Cc3ccccc3)CCN1CCCN(Cc1ccccc1)CC2. The Labute approximate surface area is 193 Å². The first-order chi connectivity index (χ1) is 15.8. The smallest absolute Gasteiger partial charge is 0.132 e. The minimum absolute atomic E-state index is 0.822. The van der Waals surface area contributed by atoms with Gasteiger partial charge in [0.15, 0.2) is 0 Å². The lowest BCUT2D eigenvalue weighted by atomic mass is 10.2. The zero-order valence-corrected chi connectivity index (χ0v) is 19.1. The summed E-state index contributed by atoms with van der Waals surface area (Å²) in [5, 5.41) is 9.91. The van der Waals surface area contributed by atoms with E-state index in [9.17, 15) is 5.26 Å². The monoisotopic (exact) mass is 429 g/mol. The maximum absolute atomic E-state index is 9.91. The van der Waals surface area contributed by atoms with Gasteiger partial charge in [-0.2, -0.15) is 5.26 Å². The lowest BCUT2D eigenvalue weighted by Gasteiger charge is -2.35. The molecule has 2 aromatic carbocycles. The summed E-state index contributed by atoms with van der Waals surface area (Å²) in [5.74, 6) is 0. The Morgan fingerprint density at radius 2 is 1.19 bits per heavy atom. The van der Waals surface area contributed by atoms with Crippen LogP contribution in [0.2, 0.25) is 0 Å². The van der Waals surface area contributed by atoms with Crippen molar-refractivity contribution in [3.63, 3.8) is 0 Å². The van der Waals surface area contributed by atoms with Crippen molar-refractivity contribution in [2.75, 3.05) is 52.4 Å². The first kappa shape index (κ1) is 22.4. The maximum atomic E-state index is 9.91. The summed E-state index contributed by atoms with van der Waals surface area (Å²) >= 11 is 0. The molecule has 0 radical (unpaired) electrons. The highest BCUT2D eigenvalue weighted by atomic mass is 15.2. The molecule has 2 aromatic rings. The van der Waals surface area contributed by atoms with Crippen LogP contribution >= 0.6 is 0 Å². The third-order valence-corrected chi connectivity index (χ3v) is 6.47. The van der Waals surface area contributed by atoms with Crippen LogP contribution in [-0.2, 0) is 13.1 Å². The van der Waals surface area contributed by atoms with Crippen molar-refractivity contribution >= 4 is 0 Å². The standard InChI is InChI=1S/C27H35N5/c28-21-27-24-31-14-7-13-30(23-26-11-5-2-6-12-26)19-20-32(27)16-8-15-29(17-18-31)22-25-9-3-1-4-10-25/h1-6,9-12,24H,7-8,13-20,22-23H2/b27-24-. The summed E-state index contributed by atoms with van der Waals surface area (Å²) in [6.07, 6.45) is 4.31. The third kappa shape index (κ3) is 6.59. The van der Waals surface area contributed by atoms with E-state index in [1.54, 1.807) is 0 Å². The van der Waals surface area contributed by atoms with Gasteiger partial charge >= 0.3 is 0 Å². The van der Waals surface area contributed by atoms with Crippen molar-refractivity contribution in [3.05, 3.63) is 83.7 Å². The van der Waals surface area contributed by atoms with Gasteiger partial charge in [-0.05, 0) is 24.0 Å². The molecule has 5 heteroatoms. The van der Waals surface area contributed by atoms with Crippen molar-refractivity contribution in [2.45, 2.75) is 25.9 Å². The average Bonchev–Trinajstić information content (AvgIpc) is 2.83. The molecule has 0 N–H and O–H groups in total. The van der Waals surface area contributed by atoms with Crippen molar-refractivity contribution in [1.29, 1.82) is 5.26 Å². The molecule has 0 fully saturated rings. The summed E-state index contributed by atoms with van der Waals surface area (Å²) in [6.45, 7) is 9.91. The summed E-state index contributed by atoms with van der Waals surface area (Å²) in [7, 11) is 0. The lowest BCUT2D eigenvalue weighted by Crippen LogP contribution is -2.42. The van der Waals surface area contributed by atoms with E-state index in [0.29, 0.717) is 0 Å². The van der Waals surface area contributed by atoms with Crippen LogP contribution in [0.15, 0.2) is 72.6 Å². The van der Waals surface area contributed by atoms with Gasteiger partial charge in [0.1, 0.15) is 11.8 Å². The van der Waals surface area contributed by atoms with Crippen LogP contribution in [-0.4, -0.2) is 72.0 Å². The number of rotatable bonds is 4. The van der Waals surface area contributed by atoms with Crippen LogP contribution in [0, 0.1) is 11.3 Å². The molecule has 0 atom stereocenters. The van der Waals surface area contributed by atoms with Gasteiger partial charge in [0.05, 0.1) is 0 Å². The van der Waals surface area contributed by atoms with Crippen LogP contribution < -0.4 is 0 Å². The van der Waals surface area contributed by atoms with Crippen LogP contribution in [0.5, 0.6) is 0 Å². The molecule has 0 aliphatic carbocycles. The maximum Gasteiger partial charge on any atom is 0.132 e. The van der Waals surface area contributed by atoms with Gasteiger partial charge in [0, 0.05) is 71.6 Å². The molecule has 0 amide bonds. The molecule has 0 aromatic heterocycles. The zero-order valence-electron chi connectivity index (χ0n) is 19.1. The molecule has 4 rings (SSSR count). The minimum Gasteiger partial charge on any atom is -0.374 e. The highest BCUT2D eigenvalue weighted by molar-refractivity contribution is 5.20. The molecule has 2 aliphatic heterocycles. The summed E-state index contributed by atoms with van der Waals surface area (Å²) in [4.78, 5) is 9.80. The Morgan fingerprint density at radius 1 is 0.625 bits per heavy atom. The second kappa shape index (κ2) is 11.7. The van der Waals surface area contributed by atoms with E-state index in [-0.39, 0.29) is 0 Å². The molecule has 0 saturated heterocycles. The van der Waals surface area contributed by atoms with Gasteiger partial charge in [-0.3, -0.25) is 9.80 Å². The number of nitriles is 1. The first-order valence-electron chi connectivity index (χ1n) is 11.9. The predicted molar refractivity (Wildman–Crippen MR) is 130 cm³/mol. The highest BCUT2D eigenvalue weighted by Crippen LogP contribution is 2.15. The fraction of sp³-hybridized carbons (Fsp3) is 0.444. The Bertz CT molecular complexity index is 889. The molecule has 0 saturated carbocycles. The number of fused-ring (bicyclic) bond motifs is 2.